The van der Waals surface area contributed by atoms with E-state index in [2.05, 4.69) is 106 Å². The maximum atomic E-state index is 6.60. The van der Waals surface area contributed by atoms with Crippen LogP contribution in [0.1, 0.15) is 170 Å². The lowest BCUT2D eigenvalue weighted by molar-refractivity contribution is 0.00578. The quantitative estimate of drug-likeness (QED) is 0.135. The van der Waals surface area contributed by atoms with E-state index in [4.69, 9.17) is 18.6 Å². The monoisotopic (exact) mass is 642 g/mol. The topological polar surface area (TPSA) is 36.9 Å². The first-order valence-corrected chi connectivity index (χ1v) is 19.2. The summed E-state index contributed by atoms with van der Waals surface area (Å²) in [6.07, 6.45) is 17.9. The van der Waals surface area contributed by atoms with Crippen LogP contribution in [0.2, 0.25) is 0 Å². The highest BCUT2D eigenvalue weighted by molar-refractivity contribution is 6.62. The summed E-state index contributed by atoms with van der Waals surface area (Å²) in [6.45, 7) is 21.8. The fourth-order valence-electron chi connectivity index (χ4n) is 7.86. The zero-order valence-electron chi connectivity index (χ0n) is 31.7. The second kappa shape index (κ2) is 14.3. The van der Waals surface area contributed by atoms with Gasteiger partial charge in [-0.25, -0.2) is 0 Å². The molecule has 47 heavy (non-hydrogen) atoms. The molecule has 4 nitrogen and oxygen atoms in total. The lowest BCUT2D eigenvalue weighted by atomic mass is 9.67. The Labute approximate surface area is 288 Å². The van der Waals surface area contributed by atoms with Crippen LogP contribution in [0.15, 0.2) is 36.4 Å². The van der Waals surface area contributed by atoms with Gasteiger partial charge in [-0.15, -0.1) is 0 Å². The summed E-state index contributed by atoms with van der Waals surface area (Å²) in [7, 11) is -0.731. The molecule has 0 unspecified atom stereocenters. The van der Waals surface area contributed by atoms with Crippen LogP contribution in [0.3, 0.4) is 0 Å². The number of benzene rings is 2. The molecule has 2 fully saturated rings. The van der Waals surface area contributed by atoms with E-state index in [1.807, 2.05) is 0 Å². The smallest absolute Gasteiger partial charge is 0.399 e. The van der Waals surface area contributed by atoms with Gasteiger partial charge in [0.15, 0.2) is 0 Å². The van der Waals surface area contributed by atoms with Crippen molar-refractivity contribution in [2.45, 2.75) is 187 Å². The molecule has 2 aliphatic heterocycles. The largest absolute Gasteiger partial charge is 0.494 e. The van der Waals surface area contributed by atoms with Crippen molar-refractivity contribution in [1.82, 2.24) is 0 Å². The van der Waals surface area contributed by atoms with E-state index in [-0.39, 0.29) is 42.1 Å². The Morgan fingerprint density at radius 2 is 0.766 bits per heavy atom. The van der Waals surface area contributed by atoms with Crippen LogP contribution < -0.4 is 10.9 Å². The van der Waals surface area contributed by atoms with E-state index < -0.39 is 0 Å². The van der Waals surface area contributed by atoms with Gasteiger partial charge in [-0.05, 0) is 101 Å². The molecule has 0 amide bonds. The van der Waals surface area contributed by atoms with E-state index in [0.29, 0.717) is 0 Å². The summed E-state index contributed by atoms with van der Waals surface area (Å²) in [5.74, 6) is 0. The van der Waals surface area contributed by atoms with Crippen LogP contribution >= 0.6 is 0 Å². The Morgan fingerprint density at radius 1 is 0.447 bits per heavy atom. The highest BCUT2D eigenvalue weighted by Crippen LogP contribution is 2.54. The summed E-state index contributed by atoms with van der Waals surface area (Å²) < 4.78 is 26.4. The van der Waals surface area contributed by atoms with E-state index >= 15 is 0 Å². The summed E-state index contributed by atoms with van der Waals surface area (Å²) in [5.41, 5.74) is 6.41. The van der Waals surface area contributed by atoms with Crippen molar-refractivity contribution in [3.05, 3.63) is 47.5 Å². The van der Waals surface area contributed by atoms with Crippen molar-refractivity contribution < 1.29 is 18.6 Å². The zero-order valence-corrected chi connectivity index (χ0v) is 31.7. The third kappa shape index (κ3) is 7.33. The second-order valence-electron chi connectivity index (χ2n) is 16.9. The van der Waals surface area contributed by atoms with E-state index in [0.717, 1.165) is 23.8 Å². The minimum absolute atomic E-state index is 0.0561. The molecule has 0 N–H and O–H groups in total. The van der Waals surface area contributed by atoms with Gasteiger partial charge in [-0.1, -0.05) is 127 Å². The van der Waals surface area contributed by atoms with Gasteiger partial charge in [0, 0.05) is 5.41 Å². The van der Waals surface area contributed by atoms with E-state index in [1.54, 1.807) is 0 Å². The molecule has 2 aromatic carbocycles. The predicted molar refractivity (Wildman–Crippen MR) is 200 cm³/mol. The summed E-state index contributed by atoms with van der Waals surface area (Å²) in [5, 5.41) is 0. The highest BCUT2D eigenvalue weighted by atomic mass is 16.7. The maximum absolute atomic E-state index is 6.60. The van der Waals surface area contributed by atoms with Gasteiger partial charge in [0.05, 0.1) is 22.4 Å². The van der Waals surface area contributed by atoms with Gasteiger partial charge in [0.2, 0.25) is 0 Å². The molecule has 2 aromatic rings. The molecule has 2 saturated heterocycles. The minimum Gasteiger partial charge on any atom is -0.399 e. The number of unbranched alkanes of at least 4 members (excludes halogenated alkanes) is 10. The fourth-order valence-corrected chi connectivity index (χ4v) is 7.86. The van der Waals surface area contributed by atoms with Gasteiger partial charge >= 0.3 is 14.2 Å². The van der Waals surface area contributed by atoms with Crippen molar-refractivity contribution in [2.24, 2.45) is 0 Å². The van der Waals surface area contributed by atoms with Crippen molar-refractivity contribution in [1.29, 1.82) is 0 Å². The van der Waals surface area contributed by atoms with E-state index in [1.165, 1.54) is 99.3 Å². The van der Waals surface area contributed by atoms with Gasteiger partial charge in [-0.3, -0.25) is 0 Å². The predicted octanol–water partition coefficient (Wildman–Crippen LogP) is 10.1. The number of hydrogen-bond acceptors (Lipinski definition) is 4. The molecule has 5 rings (SSSR count). The molecule has 0 bridgehead atoms. The fraction of sp³-hybridized carbons (Fsp3) is 0.707. The standard InChI is InChI=1S/C41H64B2O4/c1-11-13-15-17-19-21-27-41(28-22-20-18-16-14-12-2)35-29-31(42-44-37(3,4)38(5,6)45-42)23-25-33(35)34-26-24-32(30-36(34)41)43-46-39(7,8)40(9,10)47-43/h23-26,29-30H,11-22,27-28H2,1-10H3. The molecule has 0 spiro atoms. The summed E-state index contributed by atoms with van der Waals surface area (Å²) in [4.78, 5) is 0. The van der Waals surface area contributed by atoms with Crippen molar-refractivity contribution in [2.75, 3.05) is 0 Å². The molecule has 6 heteroatoms. The van der Waals surface area contributed by atoms with E-state index in [9.17, 15) is 0 Å². The first-order chi connectivity index (χ1) is 22.2. The molecule has 0 aromatic heterocycles. The average molecular weight is 643 g/mol. The van der Waals surface area contributed by atoms with Crippen LogP contribution in [-0.4, -0.2) is 36.6 Å². The van der Waals surface area contributed by atoms with Crippen molar-refractivity contribution >= 4 is 25.2 Å². The normalized spacial score (nSPS) is 21.3. The Kier molecular flexibility index (Phi) is 11.2. The minimum atomic E-state index is -0.370. The van der Waals surface area contributed by atoms with Gasteiger partial charge in [-0.2, -0.15) is 0 Å². The molecule has 258 valence electrons. The molecule has 1 aliphatic carbocycles. The third-order valence-electron chi connectivity index (χ3n) is 12.4. The van der Waals surface area contributed by atoms with Crippen molar-refractivity contribution in [3.8, 4) is 11.1 Å². The first kappa shape index (κ1) is 36.7. The molecule has 0 saturated carbocycles. The zero-order chi connectivity index (χ0) is 34.1. The number of hydrogen-bond donors (Lipinski definition) is 0. The van der Waals surface area contributed by atoms with Gasteiger partial charge in [0.25, 0.3) is 0 Å². The molecular weight excluding hydrogens is 578 g/mol. The Balaban J connectivity index is 1.55. The molecule has 3 aliphatic rings. The van der Waals surface area contributed by atoms with Crippen LogP contribution in [0.5, 0.6) is 0 Å². The van der Waals surface area contributed by atoms with Crippen LogP contribution in [0, 0.1) is 0 Å². The summed E-state index contributed by atoms with van der Waals surface area (Å²) >= 11 is 0. The van der Waals surface area contributed by atoms with Gasteiger partial charge < -0.3 is 18.6 Å². The first-order valence-electron chi connectivity index (χ1n) is 19.2. The second-order valence-corrected chi connectivity index (χ2v) is 16.9. The molecule has 0 atom stereocenters. The lowest BCUT2D eigenvalue weighted by Crippen LogP contribution is -2.41. The Hall–Kier alpha value is -1.59. The lowest BCUT2D eigenvalue weighted by Gasteiger charge is -2.33. The maximum Gasteiger partial charge on any atom is 0.494 e. The average Bonchev–Trinajstić information content (AvgIpc) is 3.50. The number of fused-ring (bicyclic) bond motifs is 3. The third-order valence-corrected chi connectivity index (χ3v) is 12.4. The highest BCUT2D eigenvalue weighted by Gasteiger charge is 2.54. The number of rotatable bonds is 16. The van der Waals surface area contributed by atoms with Crippen LogP contribution in [-0.2, 0) is 24.0 Å². The Bertz CT molecular complexity index is 1230. The SMILES string of the molecule is CCCCCCCCC1(CCCCCCCC)c2cc(B3OC(C)(C)C(C)(C)O3)ccc2-c2ccc(B3OC(C)(C)C(C)(C)O3)cc21. The summed E-state index contributed by atoms with van der Waals surface area (Å²) in [6, 6.07) is 14.1. The van der Waals surface area contributed by atoms with Crippen LogP contribution in [0.25, 0.3) is 11.1 Å². The van der Waals surface area contributed by atoms with Gasteiger partial charge in [0.1, 0.15) is 0 Å². The molecule has 2 heterocycles. The van der Waals surface area contributed by atoms with Crippen molar-refractivity contribution in [3.63, 3.8) is 0 Å². The van der Waals surface area contributed by atoms with Crippen LogP contribution in [0.4, 0.5) is 0 Å². The molecular formula is C41H64B2O4. The molecule has 0 radical (unpaired) electrons. The Morgan fingerprint density at radius 3 is 1.11 bits per heavy atom.